The number of anilines is 1. The fourth-order valence-corrected chi connectivity index (χ4v) is 3.61. The summed E-state index contributed by atoms with van der Waals surface area (Å²) >= 11 is 0. The number of nitrogens with one attached hydrogen (secondary N) is 1. The molecule has 2 atom stereocenters. The van der Waals surface area contributed by atoms with Gasteiger partial charge in [-0.2, -0.15) is 0 Å². The Hall–Kier alpha value is -2.41. The number of ether oxygens (including phenoxy) is 2. The van der Waals surface area contributed by atoms with Crippen molar-refractivity contribution < 1.29 is 22.6 Å². The summed E-state index contributed by atoms with van der Waals surface area (Å²) in [5, 5.41) is 3.53. The van der Waals surface area contributed by atoms with Crippen molar-refractivity contribution in [2.45, 2.75) is 31.3 Å². The zero-order valence-corrected chi connectivity index (χ0v) is 15.3. The Balaban J connectivity index is 1.92. The minimum Gasteiger partial charge on any atom is -0.495 e. The molecule has 0 unspecified atom stereocenters. The van der Waals surface area contributed by atoms with Crippen LogP contribution >= 0.6 is 0 Å². The monoisotopic (exact) mass is 380 g/mol. The van der Waals surface area contributed by atoms with Gasteiger partial charge in [-0.05, 0) is 37.1 Å². The van der Waals surface area contributed by atoms with Crippen LogP contribution in [0.4, 0.5) is 18.9 Å². The van der Waals surface area contributed by atoms with Crippen molar-refractivity contribution in [2.75, 3.05) is 25.6 Å². The van der Waals surface area contributed by atoms with E-state index < -0.39 is 6.36 Å². The molecule has 2 aromatic rings. The van der Waals surface area contributed by atoms with Crippen LogP contribution in [0.15, 0.2) is 48.5 Å². The molecule has 7 heteroatoms. The number of alkyl halides is 3. The number of halogens is 3. The minimum absolute atomic E-state index is 0.0659. The summed E-state index contributed by atoms with van der Waals surface area (Å²) < 4.78 is 47.3. The van der Waals surface area contributed by atoms with Gasteiger partial charge < -0.3 is 19.7 Å². The van der Waals surface area contributed by atoms with E-state index in [9.17, 15) is 13.2 Å². The Morgan fingerprint density at radius 2 is 1.85 bits per heavy atom. The molecule has 1 N–H and O–H groups in total. The van der Waals surface area contributed by atoms with E-state index in [1.165, 1.54) is 25.3 Å². The van der Waals surface area contributed by atoms with Gasteiger partial charge in [-0.3, -0.25) is 0 Å². The third-order valence-corrected chi connectivity index (χ3v) is 4.85. The number of likely N-dealkylation sites (N-methyl/N-ethyl adjacent to an activating group) is 1. The molecule has 0 amide bonds. The zero-order valence-electron chi connectivity index (χ0n) is 15.3. The highest BCUT2D eigenvalue weighted by atomic mass is 19.4. The van der Waals surface area contributed by atoms with Gasteiger partial charge >= 0.3 is 6.36 Å². The summed E-state index contributed by atoms with van der Waals surface area (Å²) in [6, 6.07) is 14.3. The molecule has 27 heavy (non-hydrogen) atoms. The highest BCUT2D eigenvalue weighted by Gasteiger charge is 2.33. The lowest BCUT2D eigenvalue weighted by molar-refractivity contribution is -0.274. The van der Waals surface area contributed by atoms with Crippen molar-refractivity contribution in [2.24, 2.45) is 0 Å². The second-order valence-corrected chi connectivity index (χ2v) is 6.54. The van der Waals surface area contributed by atoms with E-state index in [4.69, 9.17) is 4.74 Å². The van der Waals surface area contributed by atoms with Crippen LogP contribution in [0.5, 0.6) is 11.5 Å². The van der Waals surface area contributed by atoms with Crippen molar-refractivity contribution >= 4 is 5.69 Å². The number of hydrogen-bond donors (Lipinski definition) is 1. The lowest BCUT2D eigenvalue weighted by Gasteiger charge is -2.40. The summed E-state index contributed by atoms with van der Waals surface area (Å²) in [6.07, 6.45) is -2.83. The van der Waals surface area contributed by atoms with Crippen molar-refractivity contribution in [3.05, 3.63) is 54.1 Å². The predicted octanol–water partition coefficient (Wildman–Crippen LogP) is 4.52. The zero-order chi connectivity index (χ0) is 19.4. The number of benzene rings is 2. The smallest absolute Gasteiger partial charge is 0.495 e. The normalized spacial score (nSPS) is 20.2. The molecule has 0 aliphatic carbocycles. The van der Waals surface area contributed by atoms with Gasteiger partial charge in [-0.15, -0.1) is 13.2 Å². The number of nitrogens with zero attached hydrogens (tertiary/aromatic N) is 1. The van der Waals surface area contributed by atoms with E-state index in [0.717, 1.165) is 24.9 Å². The molecule has 4 nitrogen and oxygen atoms in total. The van der Waals surface area contributed by atoms with Crippen LogP contribution in [0, 0.1) is 0 Å². The second kappa shape index (κ2) is 8.08. The number of hydrogen-bond acceptors (Lipinski definition) is 4. The number of methoxy groups -OCH3 is 1. The maximum Gasteiger partial charge on any atom is 0.573 e. The van der Waals surface area contributed by atoms with Crippen molar-refractivity contribution in [3.63, 3.8) is 0 Å². The number of rotatable bonds is 5. The predicted molar refractivity (Wildman–Crippen MR) is 98.3 cm³/mol. The Morgan fingerprint density at radius 3 is 2.52 bits per heavy atom. The summed E-state index contributed by atoms with van der Waals surface area (Å²) in [5.74, 6) is 0.245. The largest absolute Gasteiger partial charge is 0.573 e. The van der Waals surface area contributed by atoms with Gasteiger partial charge in [0.1, 0.15) is 11.5 Å². The van der Waals surface area contributed by atoms with Crippen LogP contribution in [0.2, 0.25) is 0 Å². The standard InChI is InChI=1S/C20H23F3N2O2/c1-25(16-9-6-12-24-19(16)14-7-4-3-5-8-14)17-13-15(27-20(21,22)23)10-11-18(17)26-2/h3-5,7-8,10-11,13,16,19,24H,6,9,12H2,1-2H3/t16-,19-/m0/s1. The van der Waals surface area contributed by atoms with E-state index in [1.54, 1.807) is 0 Å². The van der Waals surface area contributed by atoms with E-state index in [-0.39, 0.29) is 17.8 Å². The molecule has 0 bridgehead atoms. The van der Waals surface area contributed by atoms with Crippen molar-refractivity contribution in [3.8, 4) is 11.5 Å². The average molecular weight is 380 g/mol. The van der Waals surface area contributed by atoms with Crippen LogP contribution in [0.3, 0.4) is 0 Å². The van der Waals surface area contributed by atoms with Gasteiger partial charge in [-0.1, -0.05) is 30.3 Å². The van der Waals surface area contributed by atoms with Gasteiger partial charge in [0, 0.05) is 19.2 Å². The molecule has 0 aromatic heterocycles. The number of piperidine rings is 1. The maximum absolute atomic E-state index is 12.6. The second-order valence-electron chi connectivity index (χ2n) is 6.54. The van der Waals surface area contributed by atoms with Crippen LogP contribution in [-0.2, 0) is 0 Å². The average Bonchev–Trinajstić information content (AvgIpc) is 2.67. The molecular formula is C20H23F3N2O2. The maximum atomic E-state index is 12.6. The van der Waals surface area contributed by atoms with Crippen LogP contribution < -0.4 is 19.7 Å². The molecule has 0 saturated carbocycles. The fraction of sp³-hybridized carbons (Fsp3) is 0.400. The van der Waals surface area contributed by atoms with Gasteiger partial charge in [0.2, 0.25) is 0 Å². The minimum atomic E-state index is -4.73. The van der Waals surface area contributed by atoms with Crippen molar-refractivity contribution in [1.29, 1.82) is 0 Å². The Labute approximate surface area is 156 Å². The third-order valence-electron chi connectivity index (χ3n) is 4.85. The quantitative estimate of drug-likeness (QED) is 0.827. The highest BCUT2D eigenvalue weighted by molar-refractivity contribution is 5.62. The van der Waals surface area contributed by atoms with Crippen LogP contribution in [0.25, 0.3) is 0 Å². The van der Waals surface area contributed by atoms with Gasteiger partial charge in [-0.25, -0.2) is 0 Å². The first-order valence-electron chi connectivity index (χ1n) is 8.84. The molecule has 146 valence electrons. The van der Waals surface area contributed by atoms with Gasteiger partial charge in [0.15, 0.2) is 0 Å². The molecule has 0 radical (unpaired) electrons. The Bertz CT molecular complexity index is 753. The fourth-order valence-electron chi connectivity index (χ4n) is 3.61. The van der Waals surface area contributed by atoms with Crippen LogP contribution in [0.1, 0.15) is 24.4 Å². The first-order chi connectivity index (χ1) is 12.9. The van der Waals surface area contributed by atoms with E-state index in [2.05, 4.69) is 22.2 Å². The van der Waals surface area contributed by atoms with E-state index in [0.29, 0.717) is 11.4 Å². The summed E-state index contributed by atoms with van der Waals surface area (Å²) in [4.78, 5) is 1.98. The molecule has 3 rings (SSSR count). The first-order valence-corrected chi connectivity index (χ1v) is 8.84. The van der Waals surface area contributed by atoms with Gasteiger partial charge in [0.05, 0.1) is 18.8 Å². The summed E-state index contributed by atoms with van der Waals surface area (Å²) in [6.45, 7) is 0.901. The van der Waals surface area contributed by atoms with Gasteiger partial charge in [0.25, 0.3) is 0 Å². The van der Waals surface area contributed by atoms with E-state index in [1.807, 2.05) is 30.1 Å². The van der Waals surface area contributed by atoms with E-state index >= 15 is 0 Å². The molecule has 2 aromatic carbocycles. The molecule has 1 fully saturated rings. The van der Waals surface area contributed by atoms with Crippen molar-refractivity contribution in [1.82, 2.24) is 5.32 Å². The first kappa shape index (κ1) is 19.4. The Morgan fingerprint density at radius 1 is 1.11 bits per heavy atom. The molecule has 1 saturated heterocycles. The lowest BCUT2D eigenvalue weighted by atomic mass is 9.91. The summed E-state index contributed by atoms with van der Waals surface area (Å²) in [5.41, 5.74) is 1.71. The molecule has 1 aliphatic rings. The molecule has 1 heterocycles. The topological polar surface area (TPSA) is 33.7 Å². The molecular weight excluding hydrogens is 357 g/mol. The lowest BCUT2D eigenvalue weighted by Crippen LogP contribution is -2.47. The van der Waals surface area contributed by atoms with Crippen LogP contribution in [-0.4, -0.2) is 33.1 Å². The molecule has 1 aliphatic heterocycles. The Kier molecular flexibility index (Phi) is 5.79. The highest BCUT2D eigenvalue weighted by Crippen LogP contribution is 2.38. The SMILES string of the molecule is COc1ccc(OC(F)(F)F)cc1N(C)[C@H]1CCCN[C@H]1c1ccccc1. The summed E-state index contributed by atoms with van der Waals surface area (Å²) in [7, 11) is 3.38. The molecule has 0 spiro atoms. The third kappa shape index (κ3) is 4.66.